The third kappa shape index (κ3) is 2.34. The average molecular weight is 234 g/mol. The van der Waals surface area contributed by atoms with E-state index in [0.717, 1.165) is 0 Å². The van der Waals surface area contributed by atoms with Crippen molar-refractivity contribution in [2.24, 2.45) is 0 Å². The lowest BCUT2D eigenvalue weighted by Gasteiger charge is -2.05. The van der Waals surface area contributed by atoms with Crippen molar-refractivity contribution < 1.29 is 8.42 Å². The van der Waals surface area contributed by atoms with Gasteiger partial charge < -0.3 is 0 Å². The number of nitrogens with one attached hydrogen (secondary N) is 1. The maximum Gasteiger partial charge on any atom is 0.264 e. The summed E-state index contributed by atoms with van der Waals surface area (Å²) in [5, 5.41) is 0. The second-order valence-electron chi connectivity index (χ2n) is 2.91. The molecule has 2 aromatic rings. The summed E-state index contributed by atoms with van der Waals surface area (Å²) in [6.45, 7) is 0. The van der Waals surface area contributed by atoms with E-state index in [1.165, 1.54) is 36.7 Å². The zero-order valence-electron chi connectivity index (χ0n) is 8.16. The van der Waals surface area contributed by atoms with Gasteiger partial charge in [0.1, 0.15) is 0 Å². The van der Waals surface area contributed by atoms with Gasteiger partial charge in [-0.25, -0.2) is 23.1 Å². The Hall–Kier alpha value is -1.95. The van der Waals surface area contributed by atoms with Gasteiger partial charge >= 0.3 is 0 Å². The fourth-order valence-electron chi connectivity index (χ4n) is 1.08. The third-order valence-corrected chi connectivity index (χ3v) is 3.13. The van der Waals surface area contributed by atoms with Gasteiger partial charge in [0.25, 0.3) is 10.0 Å². The molecule has 0 unspecified atom stereocenters. The molecule has 1 heterocycles. The van der Waals surface area contributed by atoms with E-state index in [2.05, 4.69) is 20.8 Å². The molecule has 6 heteroatoms. The van der Waals surface area contributed by atoms with Crippen LogP contribution in [0.15, 0.2) is 47.6 Å². The highest BCUT2D eigenvalue weighted by molar-refractivity contribution is 7.92. The Morgan fingerprint density at radius 3 is 2.38 bits per heavy atom. The highest BCUT2D eigenvalue weighted by atomic mass is 32.2. The van der Waals surface area contributed by atoms with Crippen molar-refractivity contribution in [1.82, 2.24) is 9.97 Å². The number of aromatic nitrogens is 2. The van der Waals surface area contributed by atoms with Crippen LogP contribution in [-0.2, 0) is 10.0 Å². The Kier molecular flexibility index (Phi) is 2.82. The molecule has 0 spiro atoms. The molecule has 1 N–H and O–H groups in total. The summed E-state index contributed by atoms with van der Waals surface area (Å²) < 4.78 is 25.9. The molecule has 0 amide bonds. The Bertz CT molecular complexity index is 555. The topological polar surface area (TPSA) is 72.0 Å². The molecule has 0 aliphatic heterocycles. The number of nitrogens with zero attached hydrogens (tertiary/aromatic N) is 2. The monoisotopic (exact) mass is 234 g/mol. The molecule has 81 valence electrons. The molecule has 0 aliphatic rings. The van der Waals surface area contributed by atoms with Crippen molar-refractivity contribution in [2.75, 3.05) is 4.72 Å². The Balaban J connectivity index is 2.29. The van der Waals surface area contributed by atoms with Gasteiger partial charge in [-0.05, 0) is 24.3 Å². The van der Waals surface area contributed by atoms with Crippen LogP contribution in [0.2, 0.25) is 0 Å². The SMILES string of the molecule is O=S(=O)(Nc1ncccn1)c1cc[c]cc1. The minimum Gasteiger partial charge on any atom is -0.247 e. The van der Waals surface area contributed by atoms with Crippen LogP contribution < -0.4 is 4.72 Å². The van der Waals surface area contributed by atoms with Gasteiger partial charge in [0.15, 0.2) is 0 Å². The van der Waals surface area contributed by atoms with E-state index in [0.29, 0.717) is 0 Å². The quantitative estimate of drug-likeness (QED) is 0.862. The van der Waals surface area contributed by atoms with Crippen molar-refractivity contribution in [2.45, 2.75) is 4.90 Å². The van der Waals surface area contributed by atoms with Crippen LogP contribution in [0, 0.1) is 6.07 Å². The van der Waals surface area contributed by atoms with E-state index in [1.807, 2.05) is 0 Å². The van der Waals surface area contributed by atoms with Gasteiger partial charge in [0.2, 0.25) is 5.95 Å². The molecule has 1 aromatic carbocycles. The van der Waals surface area contributed by atoms with Gasteiger partial charge in [0.05, 0.1) is 4.90 Å². The molecule has 1 aromatic heterocycles. The summed E-state index contributed by atoms with van der Waals surface area (Å²) in [5.74, 6) is 0.0512. The van der Waals surface area contributed by atoms with Gasteiger partial charge in [0, 0.05) is 12.4 Å². The Morgan fingerprint density at radius 2 is 1.75 bits per heavy atom. The lowest BCUT2D eigenvalue weighted by Crippen LogP contribution is -2.14. The van der Waals surface area contributed by atoms with Crippen LogP contribution in [0.4, 0.5) is 5.95 Å². The molecule has 0 aliphatic carbocycles. The lowest BCUT2D eigenvalue weighted by molar-refractivity contribution is 0.601. The first kappa shape index (κ1) is 10.6. The first-order valence-electron chi connectivity index (χ1n) is 4.44. The molecule has 0 bridgehead atoms. The highest BCUT2D eigenvalue weighted by Crippen LogP contribution is 2.10. The number of hydrogen-bond acceptors (Lipinski definition) is 4. The van der Waals surface area contributed by atoms with Crippen LogP contribution in [-0.4, -0.2) is 18.4 Å². The third-order valence-electron chi connectivity index (χ3n) is 1.79. The average Bonchev–Trinajstić information content (AvgIpc) is 2.31. The number of anilines is 1. The van der Waals surface area contributed by atoms with Crippen molar-refractivity contribution >= 4 is 16.0 Å². The van der Waals surface area contributed by atoms with E-state index in [4.69, 9.17) is 0 Å². The lowest BCUT2D eigenvalue weighted by atomic mass is 10.4. The first-order chi connectivity index (χ1) is 7.68. The van der Waals surface area contributed by atoms with Gasteiger partial charge in [-0.3, -0.25) is 0 Å². The van der Waals surface area contributed by atoms with Crippen molar-refractivity contribution in [3.05, 3.63) is 48.8 Å². The van der Waals surface area contributed by atoms with Crippen LogP contribution in [0.5, 0.6) is 0 Å². The van der Waals surface area contributed by atoms with Gasteiger partial charge in [-0.2, -0.15) is 0 Å². The van der Waals surface area contributed by atoms with E-state index in [1.54, 1.807) is 6.07 Å². The molecule has 0 saturated carbocycles. The van der Waals surface area contributed by atoms with Gasteiger partial charge in [-0.1, -0.05) is 12.1 Å². The molecule has 0 atom stereocenters. The standard InChI is InChI=1S/C10H8N3O2S/c14-16(15,9-5-2-1-3-6-9)13-10-11-7-4-8-12-10/h2-8H,(H,11,12,13). The van der Waals surface area contributed by atoms with Gasteiger partial charge in [-0.15, -0.1) is 0 Å². The summed E-state index contributed by atoms with van der Waals surface area (Å²) in [5.41, 5.74) is 0. The van der Waals surface area contributed by atoms with E-state index >= 15 is 0 Å². The minimum atomic E-state index is -3.61. The predicted octanol–water partition coefficient (Wildman–Crippen LogP) is 1.08. The molecule has 16 heavy (non-hydrogen) atoms. The number of benzene rings is 1. The Labute approximate surface area is 93.2 Å². The molecule has 1 radical (unpaired) electrons. The number of sulfonamides is 1. The molecule has 2 rings (SSSR count). The van der Waals surface area contributed by atoms with E-state index in [-0.39, 0.29) is 10.8 Å². The zero-order chi connectivity index (χ0) is 11.4. The second-order valence-corrected chi connectivity index (χ2v) is 4.60. The zero-order valence-corrected chi connectivity index (χ0v) is 8.98. The molecule has 5 nitrogen and oxygen atoms in total. The fraction of sp³-hybridized carbons (Fsp3) is 0. The Morgan fingerprint density at radius 1 is 1.12 bits per heavy atom. The summed E-state index contributed by atoms with van der Waals surface area (Å²) in [6, 6.07) is 10.3. The number of rotatable bonds is 3. The molecular formula is C10H8N3O2S. The normalized spacial score (nSPS) is 11.0. The van der Waals surface area contributed by atoms with E-state index < -0.39 is 10.0 Å². The predicted molar refractivity (Wildman–Crippen MR) is 58.1 cm³/mol. The number of hydrogen-bond donors (Lipinski definition) is 1. The van der Waals surface area contributed by atoms with Crippen molar-refractivity contribution in [1.29, 1.82) is 0 Å². The van der Waals surface area contributed by atoms with Crippen LogP contribution in [0.3, 0.4) is 0 Å². The summed E-state index contributed by atoms with van der Waals surface area (Å²) in [6.07, 6.45) is 2.92. The smallest absolute Gasteiger partial charge is 0.247 e. The summed E-state index contributed by atoms with van der Waals surface area (Å²) in [4.78, 5) is 7.71. The molecular weight excluding hydrogens is 226 g/mol. The van der Waals surface area contributed by atoms with Crippen LogP contribution >= 0.6 is 0 Å². The largest absolute Gasteiger partial charge is 0.264 e. The van der Waals surface area contributed by atoms with Crippen molar-refractivity contribution in [3.8, 4) is 0 Å². The van der Waals surface area contributed by atoms with Crippen molar-refractivity contribution in [3.63, 3.8) is 0 Å². The first-order valence-corrected chi connectivity index (χ1v) is 5.93. The van der Waals surface area contributed by atoms with Crippen LogP contribution in [0.1, 0.15) is 0 Å². The highest BCUT2D eigenvalue weighted by Gasteiger charge is 2.14. The molecule has 0 saturated heterocycles. The molecule has 0 fully saturated rings. The second kappa shape index (κ2) is 4.28. The summed E-state index contributed by atoms with van der Waals surface area (Å²) in [7, 11) is -3.61. The maximum absolute atomic E-state index is 11.8. The summed E-state index contributed by atoms with van der Waals surface area (Å²) >= 11 is 0. The maximum atomic E-state index is 11.8. The van der Waals surface area contributed by atoms with E-state index in [9.17, 15) is 8.42 Å². The van der Waals surface area contributed by atoms with Crippen LogP contribution in [0.25, 0.3) is 0 Å². The minimum absolute atomic E-state index is 0.0512. The fourth-order valence-corrected chi connectivity index (χ4v) is 2.04.